The Morgan fingerprint density at radius 3 is 2.82 bits per heavy atom. The summed E-state index contributed by atoms with van der Waals surface area (Å²) in [6.45, 7) is 4.48. The normalized spacial score (nSPS) is 30.9. The van der Waals surface area contributed by atoms with Crippen molar-refractivity contribution >= 4 is 28.3 Å². The van der Waals surface area contributed by atoms with Crippen molar-refractivity contribution in [2.75, 3.05) is 13.1 Å². The van der Waals surface area contributed by atoms with Crippen molar-refractivity contribution in [3.05, 3.63) is 0 Å². The molecule has 1 atom stereocenters. The zero-order chi connectivity index (χ0) is 7.84. The van der Waals surface area contributed by atoms with Gasteiger partial charge in [0.05, 0.1) is 10.5 Å². The fraction of sp³-hybridized carbons (Fsp3) is 0.875. The molecule has 1 unspecified atom stereocenters. The smallest absolute Gasteiger partial charge is 0.0699 e. The molecule has 11 heavy (non-hydrogen) atoms. The zero-order valence-electron chi connectivity index (χ0n) is 6.76. The van der Waals surface area contributed by atoms with Crippen molar-refractivity contribution in [3.63, 3.8) is 0 Å². The van der Waals surface area contributed by atoms with Gasteiger partial charge in [-0.2, -0.15) is 5.10 Å². The molecule has 0 N–H and O–H groups in total. The lowest BCUT2D eigenvalue weighted by Gasteiger charge is -2.12. The van der Waals surface area contributed by atoms with Crippen molar-refractivity contribution in [2.45, 2.75) is 23.7 Å². The Morgan fingerprint density at radius 1 is 1.64 bits per heavy atom. The summed E-state index contributed by atoms with van der Waals surface area (Å²) < 4.78 is 0.659. The topological polar surface area (TPSA) is 15.6 Å². The van der Waals surface area contributed by atoms with Crippen LogP contribution in [0.25, 0.3) is 0 Å². The highest BCUT2D eigenvalue weighted by Gasteiger charge is 2.28. The Bertz CT molecular complexity index is 187. The average molecular weight is 264 g/mol. The molecular formula is C8H13IN2. The van der Waals surface area contributed by atoms with Crippen LogP contribution in [-0.2, 0) is 0 Å². The molecule has 1 heterocycles. The molecule has 0 aromatic rings. The third-order valence-corrected chi connectivity index (χ3v) is 3.58. The highest BCUT2D eigenvalue weighted by atomic mass is 127. The first-order chi connectivity index (χ1) is 5.25. The van der Waals surface area contributed by atoms with E-state index in [1.165, 1.54) is 25.1 Å². The molecule has 1 saturated carbocycles. The summed E-state index contributed by atoms with van der Waals surface area (Å²) in [7, 11) is 0. The molecule has 0 saturated heterocycles. The zero-order valence-corrected chi connectivity index (χ0v) is 8.91. The lowest BCUT2D eigenvalue weighted by molar-refractivity contribution is 0.308. The van der Waals surface area contributed by atoms with E-state index in [0.717, 1.165) is 12.5 Å². The minimum absolute atomic E-state index is 0.659. The van der Waals surface area contributed by atoms with Crippen molar-refractivity contribution in [1.29, 1.82) is 0 Å². The molecule has 3 heteroatoms. The summed E-state index contributed by atoms with van der Waals surface area (Å²) in [6, 6.07) is 0. The Labute approximate surface area is 81.2 Å². The third-order valence-electron chi connectivity index (χ3n) is 2.29. The van der Waals surface area contributed by atoms with Crippen LogP contribution in [0.4, 0.5) is 0 Å². The highest BCUT2D eigenvalue weighted by molar-refractivity contribution is 14.1. The van der Waals surface area contributed by atoms with Gasteiger partial charge in [0.15, 0.2) is 0 Å². The molecule has 0 amide bonds. The van der Waals surface area contributed by atoms with Crippen LogP contribution in [0.5, 0.6) is 0 Å². The lowest BCUT2D eigenvalue weighted by atomic mass is 10.3. The van der Waals surface area contributed by atoms with Crippen molar-refractivity contribution < 1.29 is 0 Å². The summed E-state index contributed by atoms with van der Waals surface area (Å²) >= 11 is 2.47. The maximum absolute atomic E-state index is 4.49. The van der Waals surface area contributed by atoms with Gasteiger partial charge in [-0.1, -0.05) is 22.6 Å². The SMILES string of the molecule is CC1=NN(CC2CC2)CC1I. The van der Waals surface area contributed by atoms with Gasteiger partial charge in [-0.15, -0.1) is 0 Å². The molecule has 0 aromatic carbocycles. The second-order valence-electron chi connectivity index (χ2n) is 3.52. The van der Waals surface area contributed by atoms with Crippen LogP contribution in [0.3, 0.4) is 0 Å². The fourth-order valence-electron chi connectivity index (χ4n) is 1.36. The van der Waals surface area contributed by atoms with Gasteiger partial charge in [-0.25, -0.2) is 0 Å². The van der Waals surface area contributed by atoms with Gasteiger partial charge in [0.1, 0.15) is 0 Å². The Morgan fingerprint density at radius 2 is 2.36 bits per heavy atom. The lowest BCUT2D eigenvalue weighted by Crippen LogP contribution is -2.21. The predicted molar refractivity (Wildman–Crippen MR) is 55.2 cm³/mol. The minimum Gasteiger partial charge on any atom is -0.295 e. The van der Waals surface area contributed by atoms with Crippen LogP contribution in [0.1, 0.15) is 19.8 Å². The van der Waals surface area contributed by atoms with Crippen LogP contribution in [-0.4, -0.2) is 27.7 Å². The summed E-state index contributed by atoms with van der Waals surface area (Å²) in [5.41, 5.74) is 1.30. The summed E-state index contributed by atoms with van der Waals surface area (Å²) in [6.07, 6.45) is 2.86. The molecule has 0 aromatic heterocycles. The van der Waals surface area contributed by atoms with Gasteiger partial charge in [-0.3, -0.25) is 5.01 Å². The molecule has 2 nitrogen and oxygen atoms in total. The first kappa shape index (κ1) is 7.83. The number of halogens is 1. The van der Waals surface area contributed by atoms with Gasteiger partial charge < -0.3 is 0 Å². The van der Waals surface area contributed by atoms with E-state index in [1.807, 2.05) is 0 Å². The van der Waals surface area contributed by atoms with E-state index < -0.39 is 0 Å². The first-order valence-corrected chi connectivity index (χ1v) is 5.44. The highest BCUT2D eigenvalue weighted by Crippen LogP contribution is 2.31. The van der Waals surface area contributed by atoms with Crippen molar-refractivity contribution in [2.24, 2.45) is 11.0 Å². The predicted octanol–water partition coefficient (Wildman–Crippen LogP) is 1.89. The molecular weight excluding hydrogens is 251 g/mol. The van der Waals surface area contributed by atoms with E-state index in [0.29, 0.717) is 3.92 Å². The monoisotopic (exact) mass is 264 g/mol. The van der Waals surface area contributed by atoms with Crippen LogP contribution < -0.4 is 0 Å². The van der Waals surface area contributed by atoms with Crippen LogP contribution in [0, 0.1) is 5.92 Å². The van der Waals surface area contributed by atoms with Crippen LogP contribution in [0.2, 0.25) is 0 Å². The van der Waals surface area contributed by atoms with E-state index >= 15 is 0 Å². The van der Waals surface area contributed by atoms with E-state index in [1.54, 1.807) is 0 Å². The number of hydrogen-bond donors (Lipinski definition) is 0. The number of hydrogen-bond acceptors (Lipinski definition) is 2. The first-order valence-electron chi connectivity index (χ1n) is 4.20. The van der Waals surface area contributed by atoms with Gasteiger partial charge in [0.25, 0.3) is 0 Å². The number of alkyl halides is 1. The van der Waals surface area contributed by atoms with E-state index in [9.17, 15) is 0 Å². The third kappa shape index (κ3) is 1.86. The molecule has 2 aliphatic rings. The van der Waals surface area contributed by atoms with Gasteiger partial charge in [0, 0.05) is 12.3 Å². The number of hydrazone groups is 1. The largest absolute Gasteiger partial charge is 0.295 e. The van der Waals surface area contributed by atoms with E-state index in [-0.39, 0.29) is 0 Å². The summed E-state index contributed by atoms with van der Waals surface area (Å²) in [5.74, 6) is 0.966. The minimum atomic E-state index is 0.659. The molecule has 2 rings (SSSR count). The maximum atomic E-state index is 4.49. The van der Waals surface area contributed by atoms with E-state index in [4.69, 9.17) is 0 Å². The maximum Gasteiger partial charge on any atom is 0.0699 e. The summed E-state index contributed by atoms with van der Waals surface area (Å²) in [4.78, 5) is 0. The number of rotatable bonds is 2. The molecule has 0 bridgehead atoms. The molecule has 62 valence electrons. The van der Waals surface area contributed by atoms with Crippen LogP contribution >= 0.6 is 22.6 Å². The van der Waals surface area contributed by atoms with Gasteiger partial charge in [0.2, 0.25) is 0 Å². The van der Waals surface area contributed by atoms with Gasteiger partial charge in [-0.05, 0) is 25.7 Å². The summed E-state index contributed by atoms with van der Waals surface area (Å²) in [5, 5.41) is 6.73. The van der Waals surface area contributed by atoms with Gasteiger partial charge >= 0.3 is 0 Å². The quantitative estimate of drug-likeness (QED) is 0.549. The molecule has 1 aliphatic heterocycles. The Kier molecular flexibility index (Phi) is 2.08. The second kappa shape index (κ2) is 2.92. The Balaban J connectivity index is 1.87. The molecule has 0 spiro atoms. The Hall–Kier alpha value is 0.200. The van der Waals surface area contributed by atoms with Crippen LogP contribution in [0.15, 0.2) is 5.10 Å². The molecule has 1 aliphatic carbocycles. The molecule has 0 radical (unpaired) electrons. The fourth-order valence-corrected chi connectivity index (χ4v) is 1.94. The van der Waals surface area contributed by atoms with Crippen molar-refractivity contribution in [3.8, 4) is 0 Å². The second-order valence-corrected chi connectivity index (χ2v) is 5.03. The van der Waals surface area contributed by atoms with Crippen molar-refractivity contribution in [1.82, 2.24) is 5.01 Å². The molecule has 1 fully saturated rings. The van der Waals surface area contributed by atoms with E-state index in [2.05, 4.69) is 39.6 Å². The number of nitrogens with zero attached hydrogens (tertiary/aromatic N) is 2. The average Bonchev–Trinajstić information content (AvgIpc) is 2.65. The standard InChI is InChI=1S/C8H13IN2/c1-6-8(9)5-11(10-6)4-7-2-3-7/h7-8H,2-5H2,1H3.